The number of aromatic nitrogens is 3. The Bertz CT molecular complexity index is 933. The van der Waals surface area contributed by atoms with E-state index in [1.807, 2.05) is 11.5 Å². The number of allylic oxidation sites excluding steroid dienone is 5. The van der Waals surface area contributed by atoms with E-state index >= 15 is 0 Å². The number of nitrogens with zero attached hydrogens (tertiary/aromatic N) is 3. The lowest BCUT2D eigenvalue weighted by molar-refractivity contribution is -0.114. The van der Waals surface area contributed by atoms with E-state index in [0.29, 0.717) is 30.6 Å². The molecule has 1 N–H and O–H groups in total. The summed E-state index contributed by atoms with van der Waals surface area (Å²) in [5.74, 6) is 0.371. The van der Waals surface area contributed by atoms with Crippen LogP contribution in [0.5, 0.6) is 5.88 Å². The maximum Gasteiger partial charge on any atom is 0.232 e. The molecule has 2 heterocycles. The molecule has 0 bridgehead atoms. The van der Waals surface area contributed by atoms with Gasteiger partial charge in [0.2, 0.25) is 11.8 Å². The van der Waals surface area contributed by atoms with Gasteiger partial charge in [0.15, 0.2) is 5.13 Å². The van der Waals surface area contributed by atoms with Crippen molar-refractivity contribution in [2.45, 2.75) is 40.0 Å². The third-order valence-corrected chi connectivity index (χ3v) is 5.29. The summed E-state index contributed by atoms with van der Waals surface area (Å²) < 4.78 is 10.4. The van der Waals surface area contributed by atoms with Crippen LogP contribution >= 0.6 is 11.3 Å². The molecule has 0 aromatic carbocycles. The molecule has 0 aliphatic rings. The smallest absolute Gasteiger partial charge is 0.232 e. The van der Waals surface area contributed by atoms with Crippen molar-refractivity contribution in [2.24, 2.45) is 0 Å². The highest BCUT2D eigenvalue weighted by molar-refractivity contribution is 7.13. The number of anilines is 1. The Kier molecular flexibility index (Phi) is 10.1. The second-order valence-corrected chi connectivity index (χ2v) is 7.79. The van der Waals surface area contributed by atoms with Gasteiger partial charge in [-0.2, -0.15) is 0 Å². The van der Waals surface area contributed by atoms with Gasteiger partial charge in [-0.1, -0.05) is 36.8 Å². The molecule has 0 spiro atoms. The van der Waals surface area contributed by atoms with E-state index in [4.69, 9.17) is 9.47 Å². The zero-order chi connectivity index (χ0) is 22.6. The highest BCUT2D eigenvalue weighted by Crippen LogP contribution is 2.22. The molecule has 0 aliphatic heterocycles. The van der Waals surface area contributed by atoms with Gasteiger partial charge in [-0.15, -0.1) is 11.3 Å². The van der Waals surface area contributed by atoms with Crippen LogP contribution in [0.15, 0.2) is 53.2 Å². The van der Waals surface area contributed by atoms with Crippen LogP contribution in [-0.2, 0) is 22.4 Å². The molecule has 7 nitrogen and oxygen atoms in total. The van der Waals surface area contributed by atoms with Crippen LogP contribution in [0, 0.1) is 0 Å². The van der Waals surface area contributed by atoms with Crippen molar-refractivity contribution in [3.05, 3.63) is 64.6 Å². The third-order valence-electron chi connectivity index (χ3n) is 4.48. The minimum absolute atomic E-state index is 0.112. The maximum absolute atomic E-state index is 11.2. The minimum Gasteiger partial charge on any atom is -0.474 e. The van der Waals surface area contributed by atoms with Gasteiger partial charge in [0.05, 0.1) is 30.4 Å². The molecule has 1 amide bonds. The van der Waals surface area contributed by atoms with Crippen LogP contribution in [0.4, 0.5) is 5.13 Å². The molecule has 0 fully saturated rings. The van der Waals surface area contributed by atoms with Crippen molar-refractivity contribution in [1.29, 1.82) is 0 Å². The van der Waals surface area contributed by atoms with Gasteiger partial charge in [-0.3, -0.25) is 9.78 Å². The van der Waals surface area contributed by atoms with Crippen LogP contribution in [0.3, 0.4) is 0 Å². The number of amides is 1. The molecule has 2 rings (SSSR count). The Hall–Kier alpha value is -2.84. The molecule has 166 valence electrons. The van der Waals surface area contributed by atoms with Gasteiger partial charge in [0, 0.05) is 32.3 Å². The molecule has 0 saturated heterocycles. The van der Waals surface area contributed by atoms with Crippen molar-refractivity contribution in [3.63, 3.8) is 0 Å². The predicted molar refractivity (Wildman–Crippen MR) is 124 cm³/mol. The van der Waals surface area contributed by atoms with Crippen LogP contribution in [0.2, 0.25) is 0 Å². The topological polar surface area (TPSA) is 86.2 Å². The first-order valence-electron chi connectivity index (χ1n) is 10.1. The van der Waals surface area contributed by atoms with E-state index < -0.39 is 0 Å². The van der Waals surface area contributed by atoms with Gasteiger partial charge in [-0.05, 0) is 18.9 Å². The van der Waals surface area contributed by atoms with Crippen molar-refractivity contribution in [3.8, 4) is 5.88 Å². The second-order valence-electron chi connectivity index (χ2n) is 6.93. The maximum atomic E-state index is 11.2. The standard InChI is InChI=1S/C23H30N4O3S/c1-6-18(11-20-13-25-22(14-24-20)30-9-8-29-5)10-16(3)19(7-2)12-21-15-31-23(27-21)26-17(4)28/h6,10,13-15H,1,7-9,11-12H2,2-5H3,(H,26,27,28)/b18-10+,19-16+. The van der Waals surface area contributed by atoms with Crippen LogP contribution in [0.1, 0.15) is 38.6 Å². The molecule has 8 heteroatoms. The fourth-order valence-electron chi connectivity index (χ4n) is 2.87. The highest BCUT2D eigenvalue weighted by atomic mass is 32.1. The Morgan fingerprint density at radius 1 is 1.19 bits per heavy atom. The summed E-state index contributed by atoms with van der Waals surface area (Å²) in [7, 11) is 1.63. The van der Waals surface area contributed by atoms with Crippen LogP contribution in [-0.4, -0.2) is 41.2 Å². The lowest BCUT2D eigenvalue weighted by Gasteiger charge is -2.09. The van der Waals surface area contributed by atoms with Crippen molar-refractivity contribution in [2.75, 3.05) is 25.6 Å². The molecular formula is C23H30N4O3S. The summed E-state index contributed by atoms with van der Waals surface area (Å²) in [6.07, 6.45) is 9.61. The van der Waals surface area contributed by atoms with Gasteiger partial charge in [-0.25, -0.2) is 9.97 Å². The SMILES string of the molecule is C=C/C(=C\C(C)=C(/CC)Cc1csc(NC(C)=O)n1)Cc1cnc(OCCOC)cn1. The van der Waals surface area contributed by atoms with E-state index in [-0.39, 0.29) is 5.91 Å². The van der Waals surface area contributed by atoms with E-state index in [9.17, 15) is 4.79 Å². The number of carbonyl (C=O) groups is 1. The average molecular weight is 443 g/mol. The van der Waals surface area contributed by atoms with E-state index in [1.165, 1.54) is 29.4 Å². The zero-order valence-corrected chi connectivity index (χ0v) is 19.4. The largest absolute Gasteiger partial charge is 0.474 e. The number of carbonyl (C=O) groups excluding carboxylic acids is 1. The van der Waals surface area contributed by atoms with E-state index in [1.54, 1.807) is 19.5 Å². The zero-order valence-electron chi connectivity index (χ0n) is 18.6. The normalized spacial score (nSPS) is 12.3. The first kappa shape index (κ1) is 24.4. The first-order valence-corrected chi connectivity index (χ1v) is 11.0. The average Bonchev–Trinajstić information content (AvgIpc) is 3.18. The number of ether oxygens (including phenoxy) is 2. The molecule has 31 heavy (non-hydrogen) atoms. The quantitative estimate of drug-likeness (QED) is 0.384. The Labute approximate surface area is 187 Å². The number of rotatable bonds is 12. The molecular weight excluding hydrogens is 412 g/mol. The molecule has 2 aromatic heterocycles. The summed E-state index contributed by atoms with van der Waals surface area (Å²) >= 11 is 1.44. The molecule has 0 radical (unpaired) electrons. The van der Waals surface area contributed by atoms with Gasteiger partial charge in [0.25, 0.3) is 0 Å². The third kappa shape index (κ3) is 8.43. The number of hydrogen-bond acceptors (Lipinski definition) is 7. The van der Waals surface area contributed by atoms with Crippen molar-refractivity contribution < 1.29 is 14.3 Å². The Morgan fingerprint density at radius 2 is 2.00 bits per heavy atom. The molecule has 0 saturated carbocycles. The monoisotopic (exact) mass is 442 g/mol. The Balaban J connectivity index is 2.07. The molecule has 2 aromatic rings. The molecule has 0 aliphatic carbocycles. The summed E-state index contributed by atoms with van der Waals surface area (Å²) in [6.45, 7) is 10.6. The fraction of sp³-hybridized carbons (Fsp3) is 0.391. The van der Waals surface area contributed by atoms with Crippen LogP contribution in [0.25, 0.3) is 0 Å². The van der Waals surface area contributed by atoms with Gasteiger partial charge >= 0.3 is 0 Å². The lowest BCUT2D eigenvalue weighted by Crippen LogP contribution is -2.06. The summed E-state index contributed by atoms with van der Waals surface area (Å²) in [5, 5.41) is 5.35. The highest BCUT2D eigenvalue weighted by Gasteiger charge is 2.08. The molecule has 0 unspecified atom stereocenters. The first-order chi connectivity index (χ1) is 14.9. The van der Waals surface area contributed by atoms with Crippen molar-refractivity contribution >= 4 is 22.4 Å². The summed E-state index contributed by atoms with van der Waals surface area (Å²) in [5.41, 5.74) is 5.32. The summed E-state index contributed by atoms with van der Waals surface area (Å²) in [4.78, 5) is 24.4. The fourth-order valence-corrected chi connectivity index (χ4v) is 3.62. The van der Waals surface area contributed by atoms with Crippen molar-refractivity contribution in [1.82, 2.24) is 15.0 Å². The Morgan fingerprint density at radius 3 is 2.61 bits per heavy atom. The van der Waals surface area contributed by atoms with E-state index in [2.05, 4.69) is 46.8 Å². The van der Waals surface area contributed by atoms with E-state index in [0.717, 1.165) is 29.8 Å². The number of hydrogen-bond donors (Lipinski definition) is 1. The number of methoxy groups -OCH3 is 1. The van der Waals surface area contributed by atoms with Gasteiger partial charge in [0.1, 0.15) is 6.61 Å². The molecule has 0 atom stereocenters. The predicted octanol–water partition coefficient (Wildman–Crippen LogP) is 4.54. The number of thiazole rings is 1. The second kappa shape index (κ2) is 12.8. The lowest BCUT2D eigenvalue weighted by atomic mass is 9.99. The van der Waals surface area contributed by atoms with Gasteiger partial charge < -0.3 is 14.8 Å². The number of nitrogens with one attached hydrogen (secondary N) is 1. The van der Waals surface area contributed by atoms with Crippen LogP contribution < -0.4 is 10.1 Å². The minimum atomic E-state index is -0.112. The summed E-state index contributed by atoms with van der Waals surface area (Å²) in [6, 6.07) is 0.